The lowest BCUT2D eigenvalue weighted by molar-refractivity contribution is -0.135. The highest BCUT2D eigenvalue weighted by molar-refractivity contribution is 6.35. The van der Waals surface area contributed by atoms with Crippen molar-refractivity contribution in [3.05, 3.63) is 45.0 Å². The smallest absolute Gasteiger partial charge is 0.240 e. The van der Waals surface area contributed by atoms with Crippen molar-refractivity contribution in [3.8, 4) is 0 Å². The van der Waals surface area contributed by atoms with Crippen LogP contribution >= 0.6 is 34.8 Å². The molecule has 0 saturated carbocycles. The van der Waals surface area contributed by atoms with Crippen molar-refractivity contribution in [2.75, 3.05) is 36.4 Å². The van der Waals surface area contributed by atoms with E-state index in [9.17, 15) is 4.79 Å². The Bertz CT molecular complexity index is 984. The first-order valence-electron chi connectivity index (χ1n) is 10.9. The summed E-state index contributed by atoms with van der Waals surface area (Å²) in [4.78, 5) is 26.0. The van der Waals surface area contributed by atoms with E-state index in [0.717, 1.165) is 24.9 Å². The van der Waals surface area contributed by atoms with Crippen molar-refractivity contribution in [1.29, 1.82) is 0 Å². The molecule has 4 rings (SSSR count). The van der Waals surface area contributed by atoms with Gasteiger partial charge in [0, 0.05) is 35.7 Å². The normalized spacial score (nSPS) is 22.2. The van der Waals surface area contributed by atoms with Crippen LogP contribution < -0.4 is 15.5 Å². The monoisotopic (exact) mass is 496 g/mol. The Hall–Kier alpha value is -1.80. The zero-order valence-corrected chi connectivity index (χ0v) is 20.4. The summed E-state index contributed by atoms with van der Waals surface area (Å²) in [5.74, 6) is 1.32. The summed E-state index contributed by atoms with van der Waals surface area (Å²) in [7, 11) is 0. The van der Waals surface area contributed by atoms with Gasteiger partial charge in [-0.1, -0.05) is 40.9 Å². The molecule has 2 aliphatic heterocycles. The molecule has 10 heteroatoms. The van der Waals surface area contributed by atoms with E-state index in [1.807, 2.05) is 17.9 Å². The summed E-state index contributed by atoms with van der Waals surface area (Å²) >= 11 is 18.7. The zero-order chi connectivity index (χ0) is 22.8. The molecule has 0 aliphatic carbocycles. The van der Waals surface area contributed by atoms with E-state index in [1.165, 1.54) is 0 Å². The molecule has 1 aromatic heterocycles. The fourth-order valence-corrected chi connectivity index (χ4v) is 5.03. The van der Waals surface area contributed by atoms with Crippen LogP contribution in [0.1, 0.15) is 38.3 Å². The number of halogens is 3. The first-order valence-corrected chi connectivity index (χ1v) is 12.0. The lowest BCUT2D eigenvalue weighted by atomic mass is 10.1. The Morgan fingerprint density at radius 1 is 1.25 bits per heavy atom. The van der Waals surface area contributed by atoms with Crippen LogP contribution in [0.4, 0.5) is 11.8 Å². The summed E-state index contributed by atoms with van der Waals surface area (Å²) in [6.45, 7) is 6.94. The Morgan fingerprint density at radius 2 is 2.06 bits per heavy atom. The van der Waals surface area contributed by atoms with E-state index in [-0.39, 0.29) is 24.0 Å². The zero-order valence-electron chi connectivity index (χ0n) is 18.1. The van der Waals surface area contributed by atoms with E-state index in [1.54, 1.807) is 18.3 Å². The number of nitrogens with zero attached hydrogens (tertiary/aromatic N) is 4. The van der Waals surface area contributed by atoms with Crippen LogP contribution in [0.5, 0.6) is 0 Å². The molecule has 3 heterocycles. The fourth-order valence-electron chi connectivity index (χ4n) is 4.31. The first kappa shape index (κ1) is 23.4. The molecule has 3 atom stereocenters. The number of benzene rings is 1. The topological polar surface area (TPSA) is 73.4 Å². The Morgan fingerprint density at radius 3 is 2.75 bits per heavy atom. The van der Waals surface area contributed by atoms with E-state index in [4.69, 9.17) is 34.8 Å². The predicted octanol–water partition coefficient (Wildman–Crippen LogP) is 4.40. The molecule has 2 aromatic rings. The van der Waals surface area contributed by atoms with Crippen molar-refractivity contribution >= 4 is 52.5 Å². The van der Waals surface area contributed by atoms with Gasteiger partial charge < -0.3 is 20.4 Å². The average molecular weight is 498 g/mol. The Balaban J connectivity index is 1.45. The third-order valence-electron chi connectivity index (χ3n) is 6.07. The van der Waals surface area contributed by atoms with Gasteiger partial charge in [0.05, 0.1) is 18.3 Å². The number of nitrogens with one attached hydrogen (secondary N) is 2. The minimum absolute atomic E-state index is 0.0484. The maximum absolute atomic E-state index is 12.8. The third-order valence-corrected chi connectivity index (χ3v) is 6.90. The van der Waals surface area contributed by atoms with Crippen molar-refractivity contribution in [1.82, 2.24) is 20.2 Å². The molecule has 2 fully saturated rings. The summed E-state index contributed by atoms with van der Waals surface area (Å²) in [5.41, 5.74) is 0.897. The number of hydrogen-bond acceptors (Lipinski definition) is 6. The molecule has 2 aliphatic rings. The molecule has 32 heavy (non-hydrogen) atoms. The van der Waals surface area contributed by atoms with Crippen LogP contribution in [-0.2, 0) is 4.79 Å². The van der Waals surface area contributed by atoms with Gasteiger partial charge in [-0.3, -0.25) is 4.79 Å². The number of anilines is 2. The predicted molar refractivity (Wildman–Crippen MR) is 130 cm³/mol. The second-order valence-corrected chi connectivity index (χ2v) is 9.62. The molecule has 2 N–H and O–H groups in total. The molecule has 7 nitrogen and oxygen atoms in total. The second kappa shape index (κ2) is 10.00. The highest BCUT2D eigenvalue weighted by atomic mass is 35.5. The quantitative estimate of drug-likeness (QED) is 0.638. The molecule has 0 bridgehead atoms. The highest BCUT2D eigenvalue weighted by Gasteiger charge is 2.33. The molecule has 172 valence electrons. The minimum atomic E-state index is -0.132. The van der Waals surface area contributed by atoms with Crippen molar-refractivity contribution in [3.63, 3.8) is 0 Å². The molecule has 0 unspecified atom stereocenters. The first-order chi connectivity index (χ1) is 15.3. The molecule has 1 amide bonds. The summed E-state index contributed by atoms with van der Waals surface area (Å²) < 4.78 is 0. The lowest BCUT2D eigenvalue weighted by Crippen LogP contribution is -2.57. The van der Waals surface area contributed by atoms with Gasteiger partial charge in [-0.25, -0.2) is 4.98 Å². The van der Waals surface area contributed by atoms with Crippen molar-refractivity contribution in [2.45, 2.75) is 44.8 Å². The van der Waals surface area contributed by atoms with Gasteiger partial charge >= 0.3 is 0 Å². The number of hydrogen-bond donors (Lipinski definition) is 2. The number of amides is 1. The number of piperazine rings is 1. The molecule has 0 radical (unpaired) electrons. The van der Waals surface area contributed by atoms with E-state index in [0.29, 0.717) is 46.5 Å². The minimum Gasteiger partial charge on any atom is -0.362 e. The second-order valence-electron chi connectivity index (χ2n) is 8.37. The van der Waals surface area contributed by atoms with Gasteiger partial charge in [-0.05, 0) is 50.9 Å². The lowest BCUT2D eigenvalue weighted by Gasteiger charge is -2.41. The molecule has 1 aromatic carbocycles. The molecular weight excluding hydrogens is 471 g/mol. The van der Waals surface area contributed by atoms with Crippen LogP contribution in [0.15, 0.2) is 24.4 Å². The van der Waals surface area contributed by atoms with Crippen LogP contribution in [0, 0.1) is 0 Å². The van der Waals surface area contributed by atoms with Crippen LogP contribution in [0.25, 0.3) is 0 Å². The van der Waals surface area contributed by atoms with E-state index < -0.39 is 0 Å². The fraction of sp³-hybridized carbons (Fsp3) is 0.500. The highest BCUT2D eigenvalue weighted by Crippen LogP contribution is 2.31. The standard InChI is InChI=1S/C22H27Cl3N6O/c1-13-12-30(8-9-31(13)21(32)19-4-3-7-26-19)22-27-11-18(25)20(29-22)28-14(2)16-6-5-15(23)10-17(16)24/h5-6,10-11,13-14,19,26H,3-4,7-9,12H2,1-2H3,(H,27,28,29)/t13-,14-,19-/m1/s1. The number of aromatic nitrogens is 2. The average Bonchev–Trinajstić information content (AvgIpc) is 3.29. The van der Waals surface area contributed by atoms with Gasteiger partial charge in [-0.2, -0.15) is 4.98 Å². The van der Waals surface area contributed by atoms with Gasteiger partial charge in [0.15, 0.2) is 5.82 Å². The molecule has 0 spiro atoms. The van der Waals surface area contributed by atoms with Gasteiger partial charge in [0.2, 0.25) is 11.9 Å². The third kappa shape index (κ3) is 5.06. The summed E-state index contributed by atoms with van der Waals surface area (Å²) in [6.07, 6.45) is 3.57. The number of carbonyl (C=O) groups excluding carboxylic acids is 1. The maximum Gasteiger partial charge on any atom is 0.240 e. The maximum atomic E-state index is 12.8. The van der Waals surface area contributed by atoms with Gasteiger partial charge in [-0.15, -0.1) is 0 Å². The molecule has 2 saturated heterocycles. The Labute approximate surface area is 203 Å². The van der Waals surface area contributed by atoms with Crippen molar-refractivity contribution in [2.24, 2.45) is 0 Å². The number of rotatable bonds is 5. The van der Waals surface area contributed by atoms with Crippen molar-refractivity contribution < 1.29 is 4.79 Å². The Kier molecular flexibility index (Phi) is 7.30. The molecular formula is C22H27Cl3N6O. The van der Waals surface area contributed by atoms with E-state index in [2.05, 4.69) is 32.4 Å². The summed E-state index contributed by atoms with van der Waals surface area (Å²) in [6, 6.07) is 5.29. The van der Waals surface area contributed by atoms with Crippen LogP contribution in [0.2, 0.25) is 15.1 Å². The van der Waals surface area contributed by atoms with Crippen LogP contribution in [-0.4, -0.2) is 59.0 Å². The van der Waals surface area contributed by atoms with Gasteiger partial charge in [0.1, 0.15) is 5.02 Å². The largest absolute Gasteiger partial charge is 0.362 e. The van der Waals surface area contributed by atoms with E-state index >= 15 is 0 Å². The van der Waals surface area contributed by atoms with Crippen LogP contribution in [0.3, 0.4) is 0 Å². The van der Waals surface area contributed by atoms with Gasteiger partial charge in [0.25, 0.3) is 0 Å². The number of carbonyl (C=O) groups is 1. The summed E-state index contributed by atoms with van der Waals surface area (Å²) in [5, 5.41) is 8.23. The SMILES string of the molecule is C[C@@H]1CN(c2ncc(Cl)c(N[C@H](C)c3ccc(Cl)cc3Cl)n2)CCN1C(=O)[C@H]1CCCN1.